The number of nitrogens with one attached hydrogen (secondary N) is 1. The van der Waals surface area contributed by atoms with E-state index in [2.05, 4.69) is 42.6 Å². The molecule has 0 saturated carbocycles. The van der Waals surface area contributed by atoms with Gasteiger partial charge in [0.1, 0.15) is 5.75 Å². The molecule has 0 aliphatic rings. The zero-order chi connectivity index (χ0) is 22.3. The Morgan fingerprint density at radius 1 is 0.903 bits per heavy atom. The number of unbranched alkanes of at least 4 members (excludes halogenated alkanes) is 3. The molecule has 2 rings (SSSR count). The van der Waals surface area contributed by atoms with Crippen molar-refractivity contribution < 1.29 is 20.1 Å². The molecule has 2 aromatic carbocycles. The second-order valence-corrected chi connectivity index (χ2v) is 8.25. The van der Waals surface area contributed by atoms with Crippen LogP contribution in [0, 0.1) is 0 Å². The van der Waals surface area contributed by atoms with Gasteiger partial charge in [-0.05, 0) is 61.4 Å². The van der Waals surface area contributed by atoms with Crippen molar-refractivity contribution in [2.45, 2.75) is 64.1 Å². The van der Waals surface area contributed by atoms with Gasteiger partial charge in [0.05, 0.1) is 12.7 Å². The van der Waals surface area contributed by atoms with Crippen LogP contribution in [0.2, 0.25) is 0 Å². The van der Waals surface area contributed by atoms with Crippen LogP contribution in [0.4, 0.5) is 0 Å². The van der Waals surface area contributed by atoms with Crippen molar-refractivity contribution in [3.05, 3.63) is 65.2 Å². The molecule has 0 aromatic heterocycles. The Morgan fingerprint density at radius 3 is 2.42 bits per heavy atom. The maximum Gasteiger partial charge on any atom is 0.121 e. The quantitative estimate of drug-likeness (QED) is 0.292. The number of rotatable bonds is 16. The molecule has 0 fully saturated rings. The molecule has 5 nitrogen and oxygen atoms in total. The largest absolute Gasteiger partial charge is 0.508 e. The van der Waals surface area contributed by atoms with Crippen molar-refractivity contribution in [3.8, 4) is 5.75 Å². The summed E-state index contributed by atoms with van der Waals surface area (Å²) in [5.41, 5.74) is 2.54. The summed E-state index contributed by atoms with van der Waals surface area (Å²) in [5.74, 6) is 0.638. The number of aliphatic hydroxyl groups is 2. The fraction of sp³-hybridized carbons (Fsp3) is 0.538. The Labute approximate surface area is 187 Å². The summed E-state index contributed by atoms with van der Waals surface area (Å²) in [4.78, 5) is 0. The molecule has 1 unspecified atom stereocenters. The Kier molecular flexibility index (Phi) is 12.2. The third-order valence-electron chi connectivity index (χ3n) is 5.68. The summed E-state index contributed by atoms with van der Waals surface area (Å²) < 4.78 is 5.77. The van der Waals surface area contributed by atoms with Crippen molar-refractivity contribution >= 4 is 0 Å². The second kappa shape index (κ2) is 15.0. The maximum absolute atomic E-state index is 10.2. The molecule has 4 N–H and O–H groups in total. The van der Waals surface area contributed by atoms with Crippen LogP contribution in [0.5, 0.6) is 5.75 Å². The highest BCUT2D eigenvalue weighted by molar-refractivity contribution is 5.36. The van der Waals surface area contributed by atoms with E-state index in [-0.39, 0.29) is 12.4 Å². The van der Waals surface area contributed by atoms with Crippen LogP contribution < -0.4 is 5.32 Å². The van der Waals surface area contributed by atoms with Gasteiger partial charge in [0, 0.05) is 25.3 Å². The van der Waals surface area contributed by atoms with Crippen LogP contribution in [-0.4, -0.2) is 41.6 Å². The summed E-state index contributed by atoms with van der Waals surface area (Å²) in [5, 5.41) is 32.3. The molecular weight excluding hydrogens is 390 g/mol. The van der Waals surface area contributed by atoms with Gasteiger partial charge in [0.25, 0.3) is 0 Å². The van der Waals surface area contributed by atoms with E-state index in [0.717, 1.165) is 58.3 Å². The van der Waals surface area contributed by atoms with Crippen LogP contribution in [-0.2, 0) is 11.3 Å². The number of phenols is 1. The van der Waals surface area contributed by atoms with E-state index in [9.17, 15) is 15.3 Å². The van der Waals surface area contributed by atoms with Crippen molar-refractivity contribution in [1.82, 2.24) is 5.32 Å². The molecule has 0 aliphatic heterocycles. The topological polar surface area (TPSA) is 82.0 Å². The molecule has 0 radical (unpaired) electrons. The first-order chi connectivity index (χ1) is 15.1. The number of aliphatic hydroxyl groups excluding tert-OH is 2. The monoisotopic (exact) mass is 429 g/mol. The molecule has 2 atom stereocenters. The van der Waals surface area contributed by atoms with E-state index >= 15 is 0 Å². The number of aromatic hydroxyl groups is 1. The Bertz CT molecular complexity index is 723. The molecule has 2 aromatic rings. The van der Waals surface area contributed by atoms with Gasteiger partial charge in [-0.1, -0.05) is 56.2 Å². The number of benzene rings is 2. The highest BCUT2D eigenvalue weighted by atomic mass is 16.5. The van der Waals surface area contributed by atoms with E-state index < -0.39 is 6.10 Å². The summed E-state index contributed by atoms with van der Waals surface area (Å²) in [6, 6.07) is 15.5. The van der Waals surface area contributed by atoms with E-state index in [4.69, 9.17) is 4.74 Å². The van der Waals surface area contributed by atoms with Crippen LogP contribution in [0.1, 0.15) is 74.2 Å². The van der Waals surface area contributed by atoms with Gasteiger partial charge in [0.2, 0.25) is 0 Å². The van der Waals surface area contributed by atoms with Crippen LogP contribution in [0.3, 0.4) is 0 Å². The average molecular weight is 430 g/mol. The minimum atomic E-state index is -0.649. The van der Waals surface area contributed by atoms with Crippen molar-refractivity contribution in [2.24, 2.45) is 0 Å². The van der Waals surface area contributed by atoms with Gasteiger partial charge < -0.3 is 25.4 Å². The highest BCUT2D eigenvalue weighted by Gasteiger charge is 2.10. The zero-order valence-electron chi connectivity index (χ0n) is 18.8. The molecule has 0 amide bonds. The lowest BCUT2D eigenvalue weighted by Crippen LogP contribution is -2.22. The zero-order valence-corrected chi connectivity index (χ0v) is 18.8. The predicted octanol–water partition coefficient (Wildman–Crippen LogP) is 4.67. The molecule has 5 heteroatoms. The minimum absolute atomic E-state index is 0.0529. The lowest BCUT2D eigenvalue weighted by Gasteiger charge is -2.14. The summed E-state index contributed by atoms with van der Waals surface area (Å²) in [6.45, 7) is 5.03. The third kappa shape index (κ3) is 9.83. The molecule has 0 spiro atoms. The smallest absolute Gasteiger partial charge is 0.121 e. The lowest BCUT2D eigenvalue weighted by atomic mass is 9.97. The van der Waals surface area contributed by atoms with E-state index in [1.807, 2.05) is 0 Å². The van der Waals surface area contributed by atoms with Gasteiger partial charge >= 0.3 is 0 Å². The Morgan fingerprint density at radius 2 is 1.65 bits per heavy atom. The van der Waals surface area contributed by atoms with Crippen molar-refractivity contribution in [1.29, 1.82) is 0 Å². The molecule has 31 heavy (non-hydrogen) atoms. The van der Waals surface area contributed by atoms with Gasteiger partial charge in [-0.15, -0.1) is 0 Å². The molecule has 0 saturated heterocycles. The van der Waals surface area contributed by atoms with E-state index in [1.165, 1.54) is 11.6 Å². The molecular formula is C26H39NO4. The standard InChI is InChI=1S/C26H39NO4/c1-21(22-11-5-4-6-12-22)10-9-17-31-16-8-3-2-7-15-27-19-26(30)23-13-14-25(29)24(18-23)20-28/h4-6,11-14,18,21,26-30H,2-3,7-10,15-17,19-20H2,1H3/t21?,26-/m0/s1. The first-order valence-corrected chi connectivity index (χ1v) is 11.6. The SMILES string of the molecule is CC(CCCOCCCCCCNC[C@H](O)c1ccc(O)c(CO)c1)c1ccccc1. The van der Waals surface area contributed by atoms with Gasteiger partial charge in [0.15, 0.2) is 0 Å². The first-order valence-electron chi connectivity index (χ1n) is 11.6. The van der Waals surface area contributed by atoms with Crippen LogP contribution in [0.15, 0.2) is 48.5 Å². The fourth-order valence-electron chi connectivity index (χ4n) is 3.65. The Hall–Kier alpha value is -1.92. The Balaban J connectivity index is 1.41. The molecule has 0 bridgehead atoms. The van der Waals surface area contributed by atoms with Gasteiger partial charge in [-0.2, -0.15) is 0 Å². The first kappa shape index (κ1) is 25.3. The normalized spacial score (nSPS) is 13.3. The van der Waals surface area contributed by atoms with Crippen molar-refractivity contribution in [3.63, 3.8) is 0 Å². The van der Waals surface area contributed by atoms with E-state index in [1.54, 1.807) is 12.1 Å². The number of ether oxygens (including phenoxy) is 1. The molecule has 0 heterocycles. The third-order valence-corrected chi connectivity index (χ3v) is 5.68. The molecule has 0 aliphatic carbocycles. The lowest BCUT2D eigenvalue weighted by molar-refractivity contribution is 0.125. The van der Waals surface area contributed by atoms with Gasteiger partial charge in [-0.25, -0.2) is 0 Å². The van der Waals surface area contributed by atoms with Crippen LogP contribution >= 0.6 is 0 Å². The van der Waals surface area contributed by atoms with E-state index in [0.29, 0.717) is 23.6 Å². The summed E-state index contributed by atoms with van der Waals surface area (Å²) in [6.07, 6.45) is 6.07. The molecule has 172 valence electrons. The number of hydrogen-bond donors (Lipinski definition) is 4. The van der Waals surface area contributed by atoms with Crippen molar-refractivity contribution in [2.75, 3.05) is 26.3 Å². The summed E-state index contributed by atoms with van der Waals surface area (Å²) >= 11 is 0. The van der Waals surface area contributed by atoms with Gasteiger partial charge in [-0.3, -0.25) is 0 Å². The average Bonchev–Trinajstić information content (AvgIpc) is 2.80. The predicted molar refractivity (Wildman–Crippen MR) is 125 cm³/mol. The maximum atomic E-state index is 10.2. The van der Waals surface area contributed by atoms with Crippen LogP contribution in [0.25, 0.3) is 0 Å². The second-order valence-electron chi connectivity index (χ2n) is 8.25. The summed E-state index contributed by atoms with van der Waals surface area (Å²) in [7, 11) is 0. The minimum Gasteiger partial charge on any atom is -0.508 e. The fourth-order valence-corrected chi connectivity index (χ4v) is 3.65. The highest BCUT2D eigenvalue weighted by Crippen LogP contribution is 2.22. The number of hydrogen-bond acceptors (Lipinski definition) is 5.